The lowest BCUT2D eigenvalue weighted by molar-refractivity contribution is -0.316. The van der Waals surface area contributed by atoms with Gasteiger partial charge < -0.3 is 17.6 Å². The van der Waals surface area contributed by atoms with Crippen LogP contribution >= 0.6 is 90.7 Å². The predicted octanol–water partition coefficient (Wildman–Crippen LogP) is 30.1. The first-order valence-electron chi connectivity index (χ1n) is 37.6. The molecule has 0 amide bonds. The molecule has 0 aliphatic carbocycles. The van der Waals surface area contributed by atoms with Crippen LogP contribution in [0.5, 0.6) is 0 Å². The zero-order valence-electron chi connectivity index (χ0n) is 58.8. The van der Waals surface area contributed by atoms with Gasteiger partial charge in [0.2, 0.25) is 0 Å². The molecule has 2 aromatic carbocycles. The molecule has 0 saturated carbocycles. The minimum absolute atomic E-state index is 0.589. The van der Waals surface area contributed by atoms with E-state index in [0.717, 1.165) is 94.1 Å². The number of aromatic nitrogens is 1. The fraction of sp³-hybridized carbons (Fsp3) is 0.424. The molecular formula is C85H99BF2N2S8. The van der Waals surface area contributed by atoms with Crippen LogP contribution in [0.15, 0.2) is 121 Å². The van der Waals surface area contributed by atoms with Crippen molar-refractivity contribution in [2.75, 3.05) is 0 Å². The summed E-state index contributed by atoms with van der Waals surface area (Å²) in [4.78, 5) is 20.4. The number of aryl methyl sites for hydroxylation is 6. The van der Waals surface area contributed by atoms with E-state index >= 15 is 8.63 Å². The van der Waals surface area contributed by atoms with Crippen molar-refractivity contribution >= 4 is 126 Å². The van der Waals surface area contributed by atoms with E-state index in [1.54, 1.807) is 22.7 Å². The number of nitrogens with zero attached hydrogens (tertiary/aromatic N) is 2. The van der Waals surface area contributed by atoms with Crippen LogP contribution < -0.4 is 0 Å². The molecule has 2 aliphatic rings. The second kappa shape index (κ2) is 33.8. The van der Waals surface area contributed by atoms with Crippen molar-refractivity contribution in [2.24, 2.45) is 0 Å². The molecule has 0 fully saturated rings. The maximum atomic E-state index is 19.7. The summed E-state index contributed by atoms with van der Waals surface area (Å²) >= 11 is 15.0. The molecule has 0 radical (unpaired) electrons. The molecule has 98 heavy (non-hydrogen) atoms. The highest BCUT2D eigenvalue weighted by molar-refractivity contribution is 7.26. The Balaban J connectivity index is 0.948. The summed E-state index contributed by atoms with van der Waals surface area (Å²) in [6.07, 6.45) is 37.8. The van der Waals surface area contributed by atoms with E-state index in [0.29, 0.717) is 22.8 Å². The van der Waals surface area contributed by atoms with Crippen molar-refractivity contribution in [3.8, 4) is 71.8 Å². The Morgan fingerprint density at radius 1 is 0.316 bits per heavy atom. The molecule has 0 N–H and O–H groups in total. The topological polar surface area (TPSA) is 7.94 Å². The van der Waals surface area contributed by atoms with Gasteiger partial charge in [-0.15, -0.1) is 90.7 Å². The molecule has 0 saturated heterocycles. The summed E-state index contributed by atoms with van der Waals surface area (Å²) in [6, 6.07) is 45.9. The van der Waals surface area contributed by atoms with Gasteiger partial charge in [0, 0.05) is 103 Å². The maximum Gasteiger partial charge on any atom is 0.738 e. The van der Waals surface area contributed by atoms with Gasteiger partial charge in [-0.2, -0.15) is 0 Å². The summed E-state index contributed by atoms with van der Waals surface area (Å²) in [5.74, 6) is 0. The van der Waals surface area contributed by atoms with Gasteiger partial charge in [-0.25, -0.2) is 0 Å². The van der Waals surface area contributed by atoms with Crippen molar-refractivity contribution < 1.29 is 13.1 Å². The monoisotopic (exact) mass is 1450 g/mol. The van der Waals surface area contributed by atoms with Crippen LogP contribution in [-0.2, 0) is 38.5 Å². The Hall–Kier alpha value is -5.09. The lowest BCUT2D eigenvalue weighted by Gasteiger charge is -2.30. The highest BCUT2D eigenvalue weighted by Crippen LogP contribution is 2.54. The molecule has 0 bridgehead atoms. The number of unbranched alkanes of at least 4 members (excludes halogenated alkanes) is 18. The summed E-state index contributed by atoms with van der Waals surface area (Å²) in [7, 11) is 0. The average molecular weight is 1450 g/mol. The number of fused-ring (bicyclic) bond motifs is 6. The zero-order chi connectivity index (χ0) is 67.5. The largest absolute Gasteiger partial charge is 0.738 e. The van der Waals surface area contributed by atoms with E-state index in [4.69, 9.17) is 0 Å². The van der Waals surface area contributed by atoms with E-state index < -0.39 is 6.97 Å². The van der Waals surface area contributed by atoms with Gasteiger partial charge in [-0.1, -0.05) is 175 Å². The van der Waals surface area contributed by atoms with E-state index in [2.05, 4.69) is 169 Å². The quantitative estimate of drug-likeness (QED) is 0.0269. The normalized spacial score (nSPS) is 13.4. The van der Waals surface area contributed by atoms with Gasteiger partial charge in [-0.3, -0.25) is 0 Å². The van der Waals surface area contributed by atoms with Crippen LogP contribution in [0, 0.1) is 0 Å². The molecule has 11 aromatic rings. The zero-order valence-corrected chi connectivity index (χ0v) is 65.4. The van der Waals surface area contributed by atoms with E-state index in [1.165, 1.54) is 230 Å². The van der Waals surface area contributed by atoms with Crippen LogP contribution in [-0.4, -0.2) is 21.6 Å². The lowest BCUT2D eigenvalue weighted by Crippen LogP contribution is -2.50. The number of halogens is 2. The number of hydrogen-bond donors (Lipinski definition) is 0. The predicted molar refractivity (Wildman–Crippen MR) is 438 cm³/mol. The number of thiophene rings is 8. The molecular weight excluding hydrogens is 1350 g/mol. The first kappa shape index (κ1) is 71.3. The summed E-state index contributed by atoms with van der Waals surface area (Å²) in [6.45, 7) is 9.17. The van der Waals surface area contributed by atoms with E-state index in [-0.39, 0.29) is 0 Å². The van der Waals surface area contributed by atoms with Gasteiger partial charge in [0.25, 0.3) is 0 Å². The molecule has 2 nitrogen and oxygen atoms in total. The Labute approximate surface area is 616 Å². The van der Waals surface area contributed by atoms with Crippen LogP contribution in [0.1, 0.15) is 247 Å². The molecule has 514 valence electrons. The van der Waals surface area contributed by atoms with Crippen LogP contribution in [0.2, 0.25) is 0 Å². The van der Waals surface area contributed by atoms with Gasteiger partial charge in [0.05, 0.1) is 25.8 Å². The van der Waals surface area contributed by atoms with Crippen molar-refractivity contribution in [1.82, 2.24) is 4.48 Å². The Kier molecular flexibility index (Phi) is 24.6. The third-order valence-corrected chi connectivity index (χ3v) is 29.8. The van der Waals surface area contributed by atoms with Crippen molar-refractivity contribution in [2.45, 2.75) is 234 Å². The highest BCUT2D eigenvalue weighted by atomic mass is 32.1. The molecule has 0 unspecified atom stereocenters. The minimum atomic E-state index is -4.49. The SMILES string of the molecule is CCCCCCc1ccc(C2=[N+]3C(=Cc4c5ccc(-c6cc(-c7ccc(CCCCCC)s7)c(-c7ccc(CCCCCC)s7)s6)cc5c(-c5ccc(CCCCCC)s5)n4[B-]3(F)F)c3ccc(-c4cc(-c5ccc(CCCCCC)s5)c(-c5ccc(CCCCCC)s5)s4)cc32)s1. The molecule has 0 spiro atoms. The minimum Gasteiger partial charge on any atom is -0.389 e. The molecule has 13 heteroatoms. The van der Waals surface area contributed by atoms with Gasteiger partial charge in [0.1, 0.15) is 0 Å². The van der Waals surface area contributed by atoms with Crippen molar-refractivity contribution in [3.05, 3.63) is 172 Å². The fourth-order valence-electron chi connectivity index (χ4n) is 14.7. The van der Waals surface area contributed by atoms with E-state index in [1.807, 2.05) is 68.0 Å². The van der Waals surface area contributed by atoms with Gasteiger partial charge in [-0.05, 0) is 191 Å². The number of benzene rings is 2. The molecule has 2 aliphatic heterocycles. The molecule has 9 aromatic heterocycles. The van der Waals surface area contributed by atoms with Crippen molar-refractivity contribution in [3.63, 3.8) is 0 Å². The summed E-state index contributed by atoms with van der Waals surface area (Å²) in [5, 5.41) is 1.76. The second-order valence-electron chi connectivity index (χ2n) is 27.6. The van der Waals surface area contributed by atoms with Gasteiger partial charge in [0.15, 0.2) is 11.4 Å². The third kappa shape index (κ3) is 15.9. The summed E-state index contributed by atoms with van der Waals surface area (Å²) < 4.78 is 42.5. The van der Waals surface area contributed by atoms with Crippen LogP contribution in [0.3, 0.4) is 0 Å². The van der Waals surface area contributed by atoms with Crippen molar-refractivity contribution in [1.29, 1.82) is 0 Å². The van der Waals surface area contributed by atoms with Crippen LogP contribution in [0.4, 0.5) is 8.63 Å². The Bertz CT molecular complexity index is 4380. The fourth-order valence-corrected chi connectivity index (χ4v) is 23.9. The van der Waals surface area contributed by atoms with Crippen LogP contribution in [0.25, 0.3) is 94.4 Å². The second-order valence-corrected chi connectivity index (χ2v) is 36.7. The highest BCUT2D eigenvalue weighted by Gasteiger charge is 2.56. The first-order chi connectivity index (χ1) is 48.1. The Morgan fingerprint density at radius 2 is 0.684 bits per heavy atom. The third-order valence-electron chi connectivity index (χ3n) is 20.1. The standard InChI is InChI=1S/C85H99BF2N2S8/c1-7-13-19-25-31-60-39-47-74(91-60)70-55-80(97-84(70)78-51-43-64(95-78)35-29-23-17-11-5)58-37-45-66-68(53-58)82(76-49-41-62(93-76)33-27-21-15-9-3)89-72(66)57-73-67-46-38-59(54-69(67)83(90(73)86(89,87)88)77-50-42-63(94-77)34-28-22-16-10-4)81-56-71(75-48-40-61(92-75)32-26-20-14-8-2)85(98-81)79-52-44-65(96-79)36-30-24-18-12-6/h37-57H,7-36H2,1-6H3. The average Bonchev–Trinajstić information content (AvgIpc) is 1.52. The maximum absolute atomic E-state index is 19.7. The van der Waals surface area contributed by atoms with Gasteiger partial charge >= 0.3 is 6.97 Å². The smallest absolute Gasteiger partial charge is 0.389 e. The summed E-state index contributed by atoms with van der Waals surface area (Å²) in [5.41, 5.74) is 8.92. The number of rotatable bonds is 38. The lowest BCUT2D eigenvalue weighted by atomic mass is 9.89. The first-order valence-corrected chi connectivity index (χ1v) is 44.2. The van der Waals surface area contributed by atoms with E-state index in [9.17, 15) is 0 Å². The number of hydrogen-bond acceptors (Lipinski definition) is 8. The Morgan fingerprint density at radius 3 is 1.12 bits per heavy atom. The molecule has 11 heterocycles. The molecule has 0 atom stereocenters. The molecule has 13 rings (SSSR count).